The Hall–Kier alpha value is -3.52. The average molecular weight is 474 g/mol. The molecule has 4 rings (SSSR count). The molecule has 0 aromatic heterocycles. The number of hydrazone groups is 1. The van der Waals surface area contributed by atoms with E-state index < -0.39 is 6.61 Å². The fourth-order valence-electron chi connectivity index (χ4n) is 3.59. The number of carbonyl (C=O) groups is 1. The van der Waals surface area contributed by atoms with E-state index in [1.165, 1.54) is 34.2 Å². The standard InChI is InChI=1S/C24H19ClF3N3O2/c1-30(19-10-6-17(25)7-11-19)24(32)31-14-21(15-2-8-18(26)9-3-15)22(29-31)16-4-12-20(13-5-16)33-23(27)28/h2-13,21,23H,14H2,1H3. The topological polar surface area (TPSA) is 45.1 Å². The van der Waals surface area contributed by atoms with Gasteiger partial charge in [-0.2, -0.15) is 13.9 Å². The van der Waals surface area contributed by atoms with Crippen LogP contribution in [0.25, 0.3) is 0 Å². The number of ether oxygens (including phenoxy) is 1. The predicted molar refractivity (Wildman–Crippen MR) is 121 cm³/mol. The molecule has 1 unspecified atom stereocenters. The number of urea groups is 1. The summed E-state index contributed by atoms with van der Waals surface area (Å²) in [6.07, 6.45) is 0. The largest absolute Gasteiger partial charge is 0.435 e. The Labute approximate surface area is 193 Å². The Morgan fingerprint density at radius 1 is 1.06 bits per heavy atom. The summed E-state index contributed by atoms with van der Waals surface area (Å²) >= 11 is 5.93. The maximum atomic E-state index is 13.5. The summed E-state index contributed by atoms with van der Waals surface area (Å²) in [7, 11) is 1.63. The summed E-state index contributed by atoms with van der Waals surface area (Å²) in [6.45, 7) is -2.70. The summed E-state index contributed by atoms with van der Waals surface area (Å²) in [4.78, 5) is 14.6. The lowest BCUT2D eigenvalue weighted by Gasteiger charge is -2.22. The highest BCUT2D eigenvalue weighted by molar-refractivity contribution is 6.30. The van der Waals surface area contributed by atoms with Crippen molar-refractivity contribution in [2.45, 2.75) is 12.5 Å². The van der Waals surface area contributed by atoms with Crippen molar-refractivity contribution in [1.29, 1.82) is 0 Å². The van der Waals surface area contributed by atoms with Gasteiger partial charge in [0.15, 0.2) is 0 Å². The molecule has 0 fully saturated rings. The Morgan fingerprint density at radius 2 is 1.70 bits per heavy atom. The molecular formula is C24H19ClF3N3O2. The Morgan fingerprint density at radius 3 is 2.30 bits per heavy atom. The lowest BCUT2D eigenvalue weighted by molar-refractivity contribution is -0.0498. The van der Waals surface area contributed by atoms with E-state index in [0.717, 1.165) is 5.56 Å². The monoisotopic (exact) mass is 473 g/mol. The van der Waals surface area contributed by atoms with Gasteiger partial charge in [0.05, 0.1) is 12.3 Å². The second-order valence-corrected chi connectivity index (χ2v) is 7.83. The quantitative estimate of drug-likeness (QED) is 0.447. The molecule has 2 amide bonds. The van der Waals surface area contributed by atoms with Gasteiger partial charge in [0, 0.05) is 23.7 Å². The van der Waals surface area contributed by atoms with E-state index in [9.17, 15) is 18.0 Å². The van der Waals surface area contributed by atoms with Crippen LogP contribution in [0.4, 0.5) is 23.7 Å². The van der Waals surface area contributed by atoms with Crippen molar-refractivity contribution in [3.63, 3.8) is 0 Å². The van der Waals surface area contributed by atoms with Crippen LogP contribution in [0.15, 0.2) is 77.9 Å². The van der Waals surface area contributed by atoms with Gasteiger partial charge in [0.2, 0.25) is 0 Å². The highest BCUT2D eigenvalue weighted by Crippen LogP contribution is 2.31. The molecular weight excluding hydrogens is 455 g/mol. The van der Waals surface area contributed by atoms with Crippen LogP contribution in [0, 0.1) is 5.82 Å². The number of alkyl halides is 2. The van der Waals surface area contributed by atoms with Crippen LogP contribution in [-0.4, -0.2) is 37.0 Å². The van der Waals surface area contributed by atoms with E-state index in [-0.39, 0.29) is 30.1 Å². The minimum Gasteiger partial charge on any atom is -0.435 e. The molecule has 1 aliphatic heterocycles. The number of anilines is 1. The van der Waals surface area contributed by atoms with Gasteiger partial charge < -0.3 is 4.74 Å². The summed E-state index contributed by atoms with van der Waals surface area (Å²) in [5.74, 6) is -0.699. The third-order valence-electron chi connectivity index (χ3n) is 5.28. The Balaban J connectivity index is 1.65. The molecule has 9 heteroatoms. The third kappa shape index (κ3) is 5.12. The first-order valence-corrected chi connectivity index (χ1v) is 10.4. The summed E-state index contributed by atoms with van der Waals surface area (Å²) < 4.78 is 42.9. The zero-order valence-electron chi connectivity index (χ0n) is 17.5. The molecule has 5 nitrogen and oxygen atoms in total. The van der Waals surface area contributed by atoms with Crippen LogP contribution in [-0.2, 0) is 0 Å². The van der Waals surface area contributed by atoms with E-state index in [1.807, 2.05) is 0 Å². The second kappa shape index (κ2) is 9.54. The third-order valence-corrected chi connectivity index (χ3v) is 5.54. The van der Waals surface area contributed by atoms with Crippen molar-refractivity contribution >= 4 is 29.0 Å². The first-order chi connectivity index (χ1) is 15.8. The summed E-state index contributed by atoms with van der Waals surface area (Å²) in [5.41, 5.74) is 2.60. The first-order valence-electron chi connectivity index (χ1n) is 10.0. The van der Waals surface area contributed by atoms with Crippen molar-refractivity contribution in [3.05, 3.63) is 94.8 Å². The van der Waals surface area contributed by atoms with Crippen molar-refractivity contribution < 1.29 is 22.7 Å². The van der Waals surface area contributed by atoms with Crippen LogP contribution in [0.3, 0.4) is 0 Å². The lowest BCUT2D eigenvalue weighted by atomic mass is 9.90. The van der Waals surface area contributed by atoms with Crippen molar-refractivity contribution in [2.24, 2.45) is 5.10 Å². The number of halogens is 4. The first kappa shape index (κ1) is 22.7. The van der Waals surface area contributed by atoms with Gasteiger partial charge in [-0.1, -0.05) is 23.7 Å². The smallest absolute Gasteiger partial charge is 0.387 e. The molecule has 0 aliphatic carbocycles. The van der Waals surface area contributed by atoms with Gasteiger partial charge in [-0.25, -0.2) is 14.2 Å². The highest BCUT2D eigenvalue weighted by atomic mass is 35.5. The van der Waals surface area contributed by atoms with Crippen LogP contribution < -0.4 is 9.64 Å². The molecule has 3 aromatic rings. The van der Waals surface area contributed by atoms with Crippen LogP contribution in [0.1, 0.15) is 17.0 Å². The van der Waals surface area contributed by atoms with Crippen molar-refractivity contribution in [2.75, 3.05) is 18.5 Å². The fourth-order valence-corrected chi connectivity index (χ4v) is 3.72. The molecule has 3 aromatic carbocycles. The van der Waals surface area contributed by atoms with Crippen molar-refractivity contribution in [3.8, 4) is 5.75 Å². The number of nitrogens with zero attached hydrogens (tertiary/aromatic N) is 3. The van der Waals surface area contributed by atoms with Gasteiger partial charge in [0.25, 0.3) is 0 Å². The van der Waals surface area contributed by atoms with E-state index in [1.54, 1.807) is 55.6 Å². The zero-order chi connectivity index (χ0) is 23.5. The minimum atomic E-state index is -2.93. The molecule has 1 heterocycles. The molecule has 1 atom stereocenters. The number of hydrogen-bond acceptors (Lipinski definition) is 3. The van der Waals surface area contributed by atoms with Gasteiger partial charge in [0.1, 0.15) is 11.6 Å². The van der Waals surface area contributed by atoms with E-state index >= 15 is 0 Å². The summed E-state index contributed by atoms with van der Waals surface area (Å²) in [6, 6.07) is 18.4. The van der Waals surface area contributed by atoms with Crippen LogP contribution in [0.5, 0.6) is 5.75 Å². The molecule has 0 spiro atoms. The fraction of sp³-hybridized carbons (Fsp3) is 0.167. The summed E-state index contributed by atoms with van der Waals surface area (Å²) in [5, 5.41) is 6.43. The molecule has 0 saturated heterocycles. The SMILES string of the molecule is CN(C(=O)N1CC(c2ccc(F)cc2)C(c2ccc(OC(F)F)cc2)=N1)c1ccc(Cl)cc1. The van der Waals surface area contributed by atoms with Crippen LogP contribution in [0.2, 0.25) is 5.02 Å². The van der Waals surface area contributed by atoms with Crippen molar-refractivity contribution in [1.82, 2.24) is 5.01 Å². The number of hydrogen-bond donors (Lipinski definition) is 0. The molecule has 1 aliphatic rings. The lowest BCUT2D eigenvalue weighted by Crippen LogP contribution is -2.37. The minimum absolute atomic E-state index is 0.0149. The van der Waals surface area contributed by atoms with Crippen LogP contribution >= 0.6 is 11.6 Å². The molecule has 0 N–H and O–H groups in total. The Bertz CT molecular complexity index is 1150. The van der Waals surface area contributed by atoms with E-state index in [2.05, 4.69) is 9.84 Å². The van der Waals surface area contributed by atoms with Gasteiger partial charge >= 0.3 is 12.6 Å². The zero-order valence-corrected chi connectivity index (χ0v) is 18.2. The Kier molecular flexibility index (Phi) is 6.55. The van der Waals surface area contributed by atoms with E-state index in [0.29, 0.717) is 22.0 Å². The molecule has 170 valence electrons. The van der Waals surface area contributed by atoms with Gasteiger partial charge in [-0.3, -0.25) is 4.90 Å². The van der Waals surface area contributed by atoms with Gasteiger partial charge in [-0.05, 0) is 71.8 Å². The second-order valence-electron chi connectivity index (χ2n) is 7.39. The molecule has 0 bridgehead atoms. The maximum absolute atomic E-state index is 13.5. The maximum Gasteiger partial charge on any atom is 0.387 e. The van der Waals surface area contributed by atoms with Gasteiger partial charge in [-0.15, -0.1) is 0 Å². The molecule has 0 radical (unpaired) electrons. The predicted octanol–water partition coefficient (Wildman–Crippen LogP) is 6.14. The number of benzene rings is 3. The molecule has 33 heavy (non-hydrogen) atoms. The van der Waals surface area contributed by atoms with E-state index in [4.69, 9.17) is 11.6 Å². The number of carbonyl (C=O) groups excluding carboxylic acids is 1. The normalized spacial score (nSPS) is 15.5. The molecule has 0 saturated carbocycles. The number of rotatable bonds is 5. The highest BCUT2D eigenvalue weighted by Gasteiger charge is 2.34. The average Bonchev–Trinajstić information content (AvgIpc) is 3.24. The number of amides is 2.